The highest BCUT2D eigenvalue weighted by Crippen LogP contribution is 2.43. The molecule has 29 heavy (non-hydrogen) atoms. The quantitative estimate of drug-likeness (QED) is 0.560. The van der Waals surface area contributed by atoms with E-state index in [2.05, 4.69) is 34.4 Å². The van der Waals surface area contributed by atoms with Crippen LogP contribution in [0.5, 0.6) is 5.75 Å². The van der Waals surface area contributed by atoms with E-state index in [1.807, 2.05) is 30.3 Å². The zero-order valence-corrected chi connectivity index (χ0v) is 18.5. The van der Waals surface area contributed by atoms with Gasteiger partial charge in [-0.2, -0.15) is 0 Å². The average molecular weight is 428 g/mol. The molecular formula is C22H25N3O2S2. The molecule has 4 rings (SSSR count). The molecule has 0 radical (unpaired) electrons. The first-order valence-electron chi connectivity index (χ1n) is 9.67. The minimum atomic E-state index is -1.24. The van der Waals surface area contributed by atoms with E-state index < -0.39 is 10.8 Å². The standard InChI is InChI=1S/C22H25N3O2S2/c1-15-7-8-20-21(16(15)2)25(17-6-4-11-24-22(17)29(20)26)12-5-10-23-14-19-18(27-3)9-13-28-19/h4,6-9,11,13,23H,5,10,12,14H2,1-3H3. The van der Waals surface area contributed by atoms with Crippen molar-refractivity contribution in [2.75, 3.05) is 25.1 Å². The molecule has 1 atom stereocenters. The molecule has 0 bridgehead atoms. The molecular weight excluding hydrogens is 402 g/mol. The van der Waals surface area contributed by atoms with E-state index in [9.17, 15) is 4.21 Å². The number of rotatable bonds is 7. The number of ether oxygens (including phenoxy) is 1. The van der Waals surface area contributed by atoms with E-state index in [-0.39, 0.29) is 0 Å². The maximum Gasteiger partial charge on any atom is 0.155 e. The number of fused-ring (bicyclic) bond motifs is 2. The number of hydrogen-bond donors (Lipinski definition) is 1. The number of methoxy groups -OCH3 is 1. The van der Waals surface area contributed by atoms with Crippen molar-refractivity contribution in [3.8, 4) is 5.75 Å². The van der Waals surface area contributed by atoms with Crippen LogP contribution in [-0.2, 0) is 17.3 Å². The molecule has 5 nitrogen and oxygen atoms in total. The van der Waals surface area contributed by atoms with Crippen LogP contribution in [0, 0.1) is 13.8 Å². The molecule has 0 saturated carbocycles. The Labute approximate surface area is 178 Å². The van der Waals surface area contributed by atoms with Crippen molar-refractivity contribution in [2.24, 2.45) is 0 Å². The summed E-state index contributed by atoms with van der Waals surface area (Å²) in [6.07, 6.45) is 2.68. The van der Waals surface area contributed by atoms with Gasteiger partial charge in [0.2, 0.25) is 0 Å². The highest BCUT2D eigenvalue weighted by molar-refractivity contribution is 7.85. The minimum Gasteiger partial charge on any atom is -0.496 e. The average Bonchev–Trinajstić information content (AvgIpc) is 3.20. The lowest BCUT2D eigenvalue weighted by Crippen LogP contribution is -2.29. The number of nitrogens with zero attached hydrogens (tertiary/aromatic N) is 2. The summed E-state index contributed by atoms with van der Waals surface area (Å²) in [5, 5.41) is 6.22. The molecule has 1 aliphatic rings. The molecule has 2 aromatic heterocycles. The molecule has 152 valence electrons. The van der Waals surface area contributed by atoms with Crippen molar-refractivity contribution in [3.05, 3.63) is 57.9 Å². The second kappa shape index (κ2) is 8.65. The lowest BCUT2D eigenvalue weighted by Gasteiger charge is -2.34. The van der Waals surface area contributed by atoms with Gasteiger partial charge in [-0.3, -0.25) is 0 Å². The van der Waals surface area contributed by atoms with Crippen LogP contribution in [0.1, 0.15) is 22.4 Å². The predicted molar refractivity (Wildman–Crippen MR) is 119 cm³/mol. The number of pyridine rings is 1. The van der Waals surface area contributed by atoms with Crippen molar-refractivity contribution in [1.82, 2.24) is 10.3 Å². The highest BCUT2D eigenvalue weighted by Gasteiger charge is 2.30. The Morgan fingerprint density at radius 2 is 2.10 bits per heavy atom. The molecule has 3 heterocycles. The zero-order valence-electron chi connectivity index (χ0n) is 16.9. The fourth-order valence-electron chi connectivity index (χ4n) is 3.65. The van der Waals surface area contributed by atoms with Gasteiger partial charge in [0, 0.05) is 19.3 Å². The number of thiophene rings is 1. The lowest BCUT2D eigenvalue weighted by atomic mass is 10.1. The van der Waals surface area contributed by atoms with Gasteiger partial charge in [0.25, 0.3) is 0 Å². The number of aryl methyl sites for hydroxylation is 1. The third-order valence-electron chi connectivity index (χ3n) is 5.30. The van der Waals surface area contributed by atoms with Crippen molar-refractivity contribution in [1.29, 1.82) is 0 Å². The molecule has 7 heteroatoms. The molecule has 1 aliphatic heterocycles. The highest BCUT2D eigenvalue weighted by atomic mass is 32.2. The van der Waals surface area contributed by atoms with Gasteiger partial charge < -0.3 is 15.0 Å². The molecule has 0 saturated heterocycles. The van der Waals surface area contributed by atoms with Gasteiger partial charge in [-0.05, 0) is 67.6 Å². The second-order valence-corrected chi connectivity index (χ2v) is 9.41. The third kappa shape index (κ3) is 3.82. The summed E-state index contributed by atoms with van der Waals surface area (Å²) < 4.78 is 18.5. The van der Waals surface area contributed by atoms with Crippen molar-refractivity contribution in [3.63, 3.8) is 0 Å². The van der Waals surface area contributed by atoms with Gasteiger partial charge in [0.1, 0.15) is 16.5 Å². The summed E-state index contributed by atoms with van der Waals surface area (Å²) in [6.45, 7) is 6.74. The van der Waals surface area contributed by atoms with Gasteiger partial charge in [0.05, 0.1) is 28.3 Å². The van der Waals surface area contributed by atoms with Gasteiger partial charge >= 0.3 is 0 Å². The fraction of sp³-hybridized carbons (Fsp3) is 0.318. The van der Waals surface area contributed by atoms with Crippen molar-refractivity contribution < 1.29 is 8.95 Å². The van der Waals surface area contributed by atoms with Crippen LogP contribution >= 0.6 is 11.3 Å². The Balaban J connectivity index is 1.51. The molecule has 3 aromatic rings. The molecule has 0 spiro atoms. The molecule has 0 fully saturated rings. The van der Waals surface area contributed by atoms with Crippen molar-refractivity contribution in [2.45, 2.75) is 36.7 Å². The number of hydrogen-bond acceptors (Lipinski definition) is 6. The van der Waals surface area contributed by atoms with E-state index in [0.29, 0.717) is 5.03 Å². The predicted octanol–water partition coefficient (Wildman–Crippen LogP) is 4.57. The zero-order chi connectivity index (χ0) is 20.4. The molecule has 0 amide bonds. The largest absolute Gasteiger partial charge is 0.496 e. The van der Waals surface area contributed by atoms with E-state index in [0.717, 1.165) is 48.1 Å². The maximum atomic E-state index is 13.1. The number of aromatic nitrogens is 1. The Kier molecular flexibility index (Phi) is 5.99. The third-order valence-corrected chi connectivity index (χ3v) is 7.59. The van der Waals surface area contributed by atoms with Crippen LogP contribution in [0.15, 0.2) is 51.8 Å². The normalized spacial score (nSPS) is 15.1. The van der Waals surface area contributed by atoms with Crippen molar-refractivity contribution >= 4 is 33.5 Å². The maximum absolute atomic E-state index is 13.1. The molecule has 0 aliphatic carbocycles. The lowest BCUT2D eigenvalue weighted by molar-refractivity contribution is 0.410. The number of anilines is 2. The summed E-state index contributed by atoms with van der Waals surface area (Å²) in [5.74, 6) is 0.945. The first-order chi connectivity index (χ1) is 14.1. The van der Waals surface area contributed by atoms with Gasteiger partial charge in [0.15, 0.2) is 5.03 Å². The van der Waals surface area contributed by atoms with Crippen LogP contribution in [0.3, 0.4) is 0 Å². The Hall–Kier alpha value is -2.22. The molecule has 1 N–H and O–H groups in total. The first kappa shape index (κ1) is 20.1. The minimum absolute atomic E-state index is 0.652. The summed E-state index contributed by atoms with van der Waals surface area (Å²) >= 11 is 1.71. The second-order valence-electron chi connectivity index (χ2n) is 7.04. The Bertz CT molecular complexity index is 1050. The first-order valence-corrected chi connectivity index (χ1v) is 11.7. The van der Waals surface area contributed by atoms with E-state index in [4.69, 9.17) is 4.74 Å². The summed E-state index contributed by atoms with van der Waals surface area (Å²) in [7, 11) is 0.464. The number of benzene rings is 1. The Morgan fingerprint density at radius 1 is 1.24 bits per heavy atom. The van der Waals surface area contributed by atoms with Gasteiger partial charge in [-0.25, -0.2) is 9.19 Å². The summed E-state index contributed by atoms with van der Waals surface area (Å²) in [4.78, 5) is 8.79. The SMILES string of the molecule is COc1ccsc1CNCCCN1c2cccnc2S(=O)c2ccc(C)c(C)c21. The smallest absolute Gasteiger partial charge is 0.155 e. The molecule has 1 aromatic carbocycles. The van der Waals surface area contributed by atoms with E-state index >= 15 is 0 Å². The van der Waals surface area contributed by atoms with Crippen LogP contribution in [0.25, 0.3) is 0 Å². The number of nitrogens with one attached hydrogen (secondary N) is 1. The summed E-state index contributed by atoms with van der Waals surface area (Å²) in [5.41, 5.74) is 4.42. The van der Waals surface area contributed by atoms with Crippen LogP contribution in [0.2, 0.25) is 0 Å². The topological polar surface area (TPSA) is 54.5 Å². The van der Waals surface area contributed by atoms with Crippen LogP contribution < -0.4 is 15.0 Å². The summed E-state index contributed by atoms with van der Waals surface area (Å²) in [6, 6.07) is 9.98. The van der Waals surface area contributed by atoms with Gasteiger partial charge in [-0.15, -0.1) is 11.3 Å². The van der Waals surface area contributed by atoms with Crippen LogP contribution in [-0.4, -0.2) is 29.4 Å². The van der Waals surface area contributed by atoms with Gasteiger partial charge in [-0.1, -0.05) is 6.07 Å². The fourth-order valence-corrected chi connectivity index (χ4v) is 5.82. The van der Waals surface area contributed by atoms with E-state index in [1.165, 1.54) is 16.0 Å². The molecule has 1 unspecified atom stereocenters. The monoisotopic (exact) mass is 427 g/mol. The van der Waals surface area contributed by atoms with Crippen LogP contribution in [0.4, 0.5) is 11.4 Å². The van der Waals surface area contributed by atoms with E-state index in [1.54, 1.807) is 24.6 Å². The Morgan fingerprint density at radius 3 is 2.93 bits per heavy atom.